The summed E-state index contributed by atoms with van der Waals surface area (Å²) in [6.45, 7) is 7.41. The Morgan fingerprint density at radius 1 is 0.571 bits per heavy atom. The summed E-state index contributed by atoms with van der Waals surface area (Å²) in [6.07, 6.45) is 12.6. The van der Waals surface area contributed by atoms with Gasteiger partial charge in [-0.2, -0.15) is 0 Å². The van der Waals surface area contributed by atoms with Crippen molar-refractivity contribution in [1.29, 1.82) is 0 Å². The van der Waals surface area contributed by atoms with Crippen molar-refractivity contribution in [3.05, 3.63) is 0 Å². The van der Waals surface area contributed by atoms with Gasteiger partial charge in [-0.05, 0) is 13.0 Å². The average Bonchev–Trinajstić information content (AvgIpc) is 2.24. The summed E-state index contributed by atoms with van der Waals surface area (Å²) in [7, 11) is 0. The number of unbranched alkanes of at least 4 members (excludes halogenated alkanes) is 7. The molecule has 0 amide bonds. The second-order valence-electron chi connectivity index (χ2n) is 3.91. The second-order valence-corrected chi connectivity index (χ2v) is 3.91. The molecule has 0 aliphatic carbocycles. The van der Waals surface area contributed by atoms with Crippen LogP contribution >= 0.6 is 0 Å². The number of nitrogens with two attached hydrogens (primary N) is 1. The monoisotopic (exact) mass is 201 g/mol. The standard InChI is InChI=1S/C10H22.C3H9N/c1-3-5-7-9-10-8-6-4-2;1-2-3-4/h3-10H2,1-2H3;2-4H2,1H3. The van der Waals surface area contributed by atoms with Crippen LogP contribution in [0.5, 0.6) is 0 Å². The zero-order chi connectivity index (χ0) is 11.1. The van der Waals surface area contributed by atoms with Crippen LogP contribution in [0.1, 0.15) is 78.6 Å². The van der Waals surface area contributed by atoms with E-state index in [4.69, 9.17) is 5.73 Å². The summed E-state index contributed by atoms with van der Waals surface area (Å²) in [5, 5.41) is 0. The van der Waals surface area contributed by atoms with E-state index in [0.29, 0.717) is 0 Å². The molecule has 1 nitrogen and oxygen atoms in total. The number of hydrogen-bond acceptors (Lipinski definition) is 1. The van der Waals surface area contributed by atoms with Crippen molar-refractivity contribution in [2.24, 2.45) is 5.73 Å². The molecule has 0 aliphatic heterocycles. The first-order valence-electron chi connectivity index (χ1n) is 6.53. The average molecular weight is 201 g/mol. The highest BCUT2D eigenvalue weighted by Crippen LogP contribution is 2.07. The summed E-state index contributed by atoms with van der Waals surface area (Å²) >= 11 is 0. The van der Waals surface area contributed by atoms with Gasteiger partial charge >= 0.3 is 0 Å². The smallest absolute Gasteiger partial charge is 0.00799 e. The van der Waals surface area contributed by atoms with Crippen molar-refractivity contribution in [3.63, 3.8) is 0 Å². The van der Waals surface area contributed by atoms with Crippen molar-refractivity contribution >= 4 is 0 Å². The largest absolute Gasteiger partial charge is 0.330 e. The zero-order valence-corrected chi connectivity index (χ0v) is 10.6. The lowest BCUT2D eigenvalue weighted by molar-refractivity contribution is 0.585. The fourth-order valence-corrected chi connectivity index (χ4v) is 1.21. The molecule has 0 spiro atoms. The third-order valence-electron chi connectivity index (χ3n) is 2.25. The molecule has 0 aromatic heterocycles. The molecule has 0 fully saturated rings. The topological polar surface area (TPSA) is 26.0 Å². The maximum Gasteiger partial charge on any atom is -0.00799 e. The highest BCUT2D eigenvalue weighted by atomic mass is 14.5. The van der Waals surface area contributed by atoms with Gasteiger partial charge in [0.15, 0.2) is 0 Å². The van der Waals surface area contributed by atoms with Crippen LogP contribution in [0.3, 0.4) is 0 Å². The molecule has 0 aliphatic rings. The first-order chi connectivity index (χ1) is 6.83. The van der Waals surface area contributed by atoms with Crippen LogP contribution in [0, 0.1) is 0 Å². The molecule has 0 bridgehead atoms. The predicted octanol–water partition coefficient (Wildman–Crippen LogP) is 4.50. The lowest BCUT2D eigenvalue weighted by Crippen LogP contribution is -1.93. The Hall–Kier alpha value is -0.0400. The Labute approximate surface area is 91.5 Å². The molecule has 0 rings (SSSR count). The van der Waals surface area contributed by atoms with Crippen LogP contribution < -0.4 is 5.73 Å². The normalized spacial score (nSPS) is 9.43. The minimum Gasteiger partial charge on any atom is -0.330 e. The van der Waals surface area contributed by atoms with Crippen LogP contribution in [0.15, 0.2) is 0 Å². The lowest BCUT2D eigenvalue weighted by Gasteiger charge is -1.97. The highest BCUT2D eigenvalue weighted by molar-refractivity contribution is 4.43. The molecule has 0 atom stereocenters. The summed E-state index contributed by atoms with van der Waals surface area (Å²) in [6, 6.07) is 0. The SMILES string of the molecule is CCCCCCCCCC.CCCN. The third-order valence-corrected chi connectivity index (χ3v) is 2.25. The van der Waals surface area contributed by atoms with Crippen LogP contribution in [-0.2, 0) is 0 Å². The number of hydrogen-bond donors (Lipinski definition) is 1. The molecule has 88 valence electrons. The Bertz CT molecular complexity index is 61.6. The molecule has 2 N–H and O–H groups in total. The molecular weight excluding hydrogens is 170 g/mol. The van der Waals surface area contributed by atoms with Gasteiger partial charge in [-0.3, -0.25) is 0 Å². The molecule has 0 unspecified atom stereocenters. The molecule has 1 heteroatoms. The molecule has 0 radical (unpaired) electrons. The molecule has 0 heterocycles. The van der Waals surface area contributed by atoms with Gasteiger partial charge in [0, 0.05) is 0 Å². The van der Waals surface area contributed by atoms with Crippen LogP contribution in [0.25, 0.3) is 0 Å². The Balaban J connectivity index is 0. The Morgan fingerprint density at radius 2 is 0.857 bits per heavy atom. The van der Waals surface area contributed by atoms with Crippen LogP contribution in [-0.4, -0.2) is 6.54 Å². The molecule has 0 aromatic carbocycles. The summed E-state index contributed by atoms with van der Waals surface area (Å²) < 4.78 is 0. The van der Waals surface area contributed by atoms with Gasteiger partial charge in [0.05, 0.1) is 0 Å². The van der Waals surface area contributed by atoms with E-state index >= 15 is 0 Å². The van der Waals surface area contributed by atoms with E-state index in [1.54, 1.807) is 0 Å². The minimum atomic E-state index is 0.819. The third kappa shape index (κ3) is 22.7. The highest BCUT2D eigenvalue weighted by Gasteiger charge is 1.87. The molecule has 14 heavy (non-hydrogen) atoms. The Kier molecular flexibility index (Phi) is 21.9. The van der Waals surface area contributed by atoms with Gasteiger partial charge in [-0.15, -0.1) is 0 Å². The zero-order valence-electron chi connectivity index (χ0n) is 10.6. The molecule has 0 saturated heterocycles. The lowest BCUT2D eigenvalue weighted by atomic mass is 10.1. The first kappa shape index (κ1) is 16.4. The summed E-state index contributed by atoms with van der Waals surface area (Å²) in [5.74, 6) is 0. The van der Waals surface area contributed by atoms with Gasteiger partial charge in [-0.1, -0.05) is 72.1 Å². The van der Waals surface area contributed by atoms with E-state index < -0.39 is 0 Å². The van der Waals surface area contributed by atoms with Gasteiger partial charge in [0.2, 0.25) is 0 Å². The summed E-state index contributed by atoms with van der Waals surface area (Å²) in [4.78, 5) is 0. The molecule has 0 aromatic rings. The van der Waals surface area contributed by atoms with E-state index in [1.165, 1.54) is 51.4 Å². The van der Waals surface area contributed by atoms with Crippen molar-refractivity contribution in [1.82, 2.24) is 0 Å². The maximum atomic E-state index is 5.03. The first-order valence-corrected chi connectivity index (χ1v) is 6.53. The van der Waals surface area contributed by atoms with Gasteiger partial charge < -0.3 is 5.73 Å². The van der Waals surface area contributed by atoms with Crippen molar-refractivity contribution in [2.75, 3.05) is 6.54 Å². The Morgan fingerprint density at radius 3 is 1.07 bits per heavy atom. The van der Waals surface area contributed by atoms with E-state index in [1.807, 2.05) is 0 Å². The van der Waals surface area contributed by atoms with Crippen LogP contribution in [0.2, 0.25) is 0 Å². The van der Waals surface area contributed by atoms with Crippen LogP contribution in [0.4, 0.5) is 0 Å². The van der Waals surface area contributed by atoms with E-state index in [-0.39, 0.29) is 0 Å². The fourth-order valence-electron chi connectivity index (χ4n) is 1.21. The summed E-state index contributed by atoms with van der Waals surface area (Å²) in [5.41, 5.74) is 5.03. The van der Waals surface area contributed by atoms with Gasteiger partial charge in [0.25, 0.3) is 0 Å². The van der Waals surface area contributed by atoms with Gasteiger partial charge in [-0.25, -0.2) is 0 Å². The predicted molar refractivity (Wildman–Crippen MR) is 67.6 cm³/mol. The van der Waals surface area contributed by atoms with E-state index in [9.17, 15) is 0 Å². The minimum absolute atomic E-state index is 0.819. The second kappa shape index (κ2) is 18.7. The number of rotatable bonds is 8. The maximum absolute atomic E-state index is 5.03. The van der Waals surface area contributed by atoms with E-state index in [2.05, 4.69) is 20.8 Å². The van der Waals surface area contributed by atoms with E-state index in [0.717, 1.165) is 13.0 Å². The van der Waals surface area contributed by atoms with Crippen molar-refractivity contribution < 1.29 is 0 Å². The fraction of sp³-hybridized carbons (Fsp3) is 1.00. The van der Waals surface area contributed by atoms with Crippen molar-refractivity contribution in [3.8, 4) is 0 Å². The van der Waals surface area contributed by atoms with Crippen molar-refractivity contribution in [2.45, 2.75) is 78.6 Å². The quantitative estimate of drug-likeness (QED) is 0.575. The van der Waals surface area contributed by atoms with Gasteiger partial charge in [0.1, 0.15) is 0 Å². The molecule has 0 saturated carbocycles. The molecular formula is C13H31N.